The number of piperazine rings is 1. The number of esters is 1. The quantitative estimate of drug-likeness (QED) is 0.186. The average molecular weight is 702 g/mol. The second kappa shape index (κ2) is 14.9. The molecule has 1 amide bonds. The Morgan fingerprint density at radius 3 is 2.37 bits per heavy atom. The first kappa shape index (κ1) is 37.3. The second-order valence-electron chi connectivity index (χ2n) is 16.6. The van der Waals surface area contributed by atoms with Gasteiger partial charge in [-0.1, -0.05) is 37.5 Å². The van der Waals surface area contributed by atoms with Gasteiger partial charge in [0, 0.05) is 69.1 Å². The van der Waals surface area contributed by atoms with Gasteiger partial charge in [0.2, 0.25) is 0 Å². The summed E-state index contributed by atoms with van der Waals surface area (Å²) >= 11 is 0. The first-order valence-corrected chi connectivity index (χ1v) is 19.5. The van der Waals surface area contributed by atoms with Gasteiger partial charge in [-0.25, -0.2) is 4.79 Å². The summed E-state index contributed by atoms with van der Waals surface area (Å²) in [5, 5.41) is 9.44. The lowest BCUT2D eigenvalue weighted by atomic mass is 9.50. The molecular weight excluding hydrogens is 642 g/mol. The van der Waals surface area contributed by atoms with Crippen LogP contribution < -0.4 is 4.90 Å². The molecule has 0 unspecified atom stereocenters. The number of carbonyl (C=O) groups is 4. The number of nitrogens with zero attached hydrogens (tertiary/aromatic N) is 3. The van der Waals surface area contributed by atoms with Crippen molar-refractivity contribution in [3.8, 4) is 0 Å². The summed E-state index contributed by atoms with van der Waals surface area (Å²) < 4.78 is 6.09. The SMILES string of the molecule is CC(=O)O[C@]1(C(C)=O)CC[C@H]2[C@@H]3CCC4=CC(=O)CCC4=C3[C@@H](c3ccc(N(C)CCCCCCN4C[C@H](C)N(C(=O)O)C[C@H]4C)cc3)C[C@@]21C. The number of hydrogen-bond acceptors (Lipinski definition) is 7. The van der Waals surface area contributed by atoms with Crippen LogP contribution in [0.3, 0.4) is 0 Å². The molecule has 0 spiro atoms. The minimum atomic E-state index is -1.11. The molecule has 7 atom stereocenters. The van der Waals surface area contributed by atoms with Crippen LogP contribution in [-0.2, 0) is 19.1 Å². The van der Waals surface area contributed by atoms with Crippen molar-refractivity contribution < 1.29 is 29.0 Å². The van der Waals surface area contributed by atoms with Crippen LogP contribution in [0.15, 0.2) is 47.1 Å². The van der Waals surface area contributed by atoms with Gasteiger partial charge < -0.3 is 19.6 Å². The molecule has 1 aromatic rings. The van der Waals surface area contributed by atoms with E-state index in [1.54, 1.807) is 11.8 Å². The number of benzene rings is 1. The molecule has 0 radical (unpaired) electrons. The maximum absolute atomic E-state index is 13.5. The van der Waals surface area contributed by atoms with Crippen LogP contribution in [0.2, 0.25) is 0 Å². The number of carboxylic acid groups (broad SMARTS) is 1. The second-order valence-corrected chi connectivity index (χ2v) is 16.6. The lowest BCUT2D eigenvalue weighted by Gasteiger charge is -2.55. The number of hydrogen-bond donors (Lipinski definition) is 1. The van der Waals surface area contributed by atoms with Gasteiger partial charge in [-0.15, -0.1) is 0 Å². The van der Waals surface area contributed by atoms with Gasteiger partial charge in [-0.2, -0.15) is 0 Å². The molecule has 2 saturated carbocycles. The summed E-state index contributed by atoms with van der Waals surface area (Å²) in [5.41, 5.74) is 4.88. The number of anilines is 1. The summed E-state index contributed by atoms with van der Waals surface area (Å²) in [6.07, 6.45) is 11.0. The third-order valence-corrected chi connectivity index (χ3v) is 13.5. The van der Waals surface area contributed by atoms with Crippen LogP contribution in [0.5, 0.6) is 0 Å². The van der Waals surface area contributed by atoms with E-state index in [4.69, 9.17) is 4.74 Å². The average Bonchev–Trinajstić information content (AvgIpc) is 3.38. The van der Waals surface area contributed by atoms with E-state index >= 15 is 0 Å². The van der Waals surface area contributed by atoms with E-state index in [0.717, 1.165) is 77.4 Å². The summed E-state index contributed by atoms with van der Waals surface area (Å²) in [4.78, 5) is 56.2. The zero-order valence-corrected chi connectivity index (χ0v) is 31.7. The number of ketones is 2. The van der Waals surface area contributed by atoms with Crippen LogP contribution in [0.25, 0.3) is 0 Å². The fourth-order valence-electron chi connectivity index (χ4n) is 10.9. The predicted molar refractivity (Wildman–Crippen MR) is 199 cm³/mol. The Hall–Kier alpha value is -3.46. The van der Waals surface area contributed by atoms with Crippen LogP contribution in [0, 0.1) is 17.3 Å². The van der Waals surface area contributed by atoms with Crippen LogP contribution >= 0.6 is 0 Å². The maximum Gasteiger partial charge on any atom is 0.407 e. The summed E-state index contributed by atoms with van der Waals surface area (Å²) in [6.45, 7) is 12.7. The normalized spacial score (nSPS) is 32.1. The Morgan fingerprint density at radius 1 is 0.961 bits per heavy atom. The van der Waals surface area contributed by atoms with Crippen molar-refractivity contribution in [2.24, 2.45) is 17.3 Å². The van der Waals surface area contributed by atoms with Crippen molar-refractivity contribution >= 4 is 29.3 Å². The monoisotopic (exact) mass is 701 g/mol. The van der Waals surface area contributed by atoms with Crippen molar-refractivity contribution in [1.82, 2.24) is 9.80 Å². The maximum atomic E-state index is 13.5. The molecule has 51 heavy (non-hydrogen) atoms. The van der Waals surface area contributed by atoms with E-state index in [1.807, 2.05) is 13.0 Å². The molecule has 1 N–H and O–H groups in total. The minimum Gasteiger partial charge on any atom is -0.465 e. The molecule has 278 valence electrons. The fraction of sp³-hybridized carbons (Fsp3) is 0.667. The molecule has 1 saturated heterocycles. The van der Waals surface area contributed by atoms with E-state index in [0.29, 0.717) is 25.3 Å². The summed E-state index contributed by atoms with van der Waals surface area (Å²) in [5.74, 6) is 0.432. The van der Waals surface area contributed by atoms with Crippen molar-refractivity contribution in [2.75, 3.05) is 38.1 Å². The molecule has 1 aromatic carbocycles. The number of rotatable bonds is 11. The summed E-state index contributed by atoms with van der Waals surface area (Å²) in [7, 11) is 2.16. The first-order chi connectivity index (χ1) is 24.3. The Bertz CT molecular complexity index is 1580. The molecule has 9 heteroatoms. The highest BCUT2D eigenvalue weighted by Gasteiger charge is 2.67. The number of amides is 1. The highest BCUT2D eigenvalue weighted by Crippen LogP contribution is 2.67. The van der Waals surface area contributed by atoms with Crippen LogP contribution in [0.1, 0.15) is 117 Å². The molecule has 5 aliphatic rings. The zero-order chi connectivity index (χ0) is 36.7. The van der Waals surface area contributed by atoms with Crippen LogP contribution in [0.4, 0.5) is 10.5 Å². The van der Waals surface area contributed by atoms with Crippen LogP contribution in [-0.4, -0.2) is 89.4 Å². The summed E-state index contributed by atoms with van der Waals surface area (Å²) in [6, 6.07) is 9.26. The van der Waals surface area contributed by atoms with Gasteiger partial charge in [-0.05, 0) is 125 Å². The lowest BCUT2D eigenvalue weighted by Crippen LogP contribution is -2.57. The molecule has 9 nitrogen and oxygen atoms in total. The smallest absolute Gasteiger partial charge is 0.407 e. The van der Waals surface area contributed by atoms with Gasteiger partial charge in [-0.3, -0.25) is 19.3 Å². The Balaban J connectivity index is 1.13. The standard InChI is InChI=1S/C42H59N3O6/c1-27-26-45(40(49)50)28(2)25-44(27)22-10-8-7-9-21-43(6)33-14-11-31(12-15-33)37-24-41(5)38(19-20-42(41,29(3)46)51-30(4)47)36-17-13-32-23-34(48)16-18-35(32)39(36)37/h11-12,14-15,23,27-28,36-38H,7-10,13,16-22,24-26H2,1-6H3,(H,49,50)/t27-,28+,36+,37-,38+,41+,42+/m1/s1. The van der Waals surface area contributed by atoms with Crippen molar-refractivity contribution in [3.05, 3.63) is 52.6 Å². The van der Waals surface area contributed by atoms with E-state index in [1.165, 1.54) is 34.9 Å². The molecule has 0 bridgehead atoms. The highest BCUT2D eigenvalue weighted by molar-refractivity contribution is 5.93. The molecule has 1 aliphatic heterocycles. The number of fused-ring (bicyclic) bond motifs is 4. The van der Waals surface area contributed by atoms with Gasteiger partial charge in [0.15, 0.2) is 17.2 Å². The van der Waals surface area contributed by atoms with Gasteiger partial charge in [0.1, 0.15) is 0 Å². The molecular formula is C42H59N3O6. The topological polar surface area (TPSA) is 107 Å². The highest BCUT2D eigenvalue weighted by atomic mass is 16.6. The van der Waals surface area contributed by atoms with E-state index in [2.05, 4.69) is 55.0 Å². The van der Waals surface area contributed by atoms with E-state index in [9.17, 15) is 24.3 Å². The number of carbonyl (C=O) groups excluding carboxylic acids is 3. The number of Topliss-reactive ketones (excluding diaryl/α,β-unsaturated/α-hetero) is 1. The Morgan fingerprint density at radius 2 is 1.69 bits per heavy atom. The number of unbranched alkanes of at least 4 members (excludes halogenated alkanes) is 3. The van der Waals surface area contributed by atoms with E-state index < -0.39 is 17.1 Å². The molecule has 4 aliphatic carbocycles. The van der Waals surface area contributed by atoms with E-state index in [-0.39, 0.29) is 41.5 Å². The van der Waals surface area contributed by atoms with Gasteiger partial charge in [0.25, 0.3) is 0 Å². The minimum absolute atomic E-state index is 0.0306. The third-order valence-electron chi connectivity index (χ3n) is 13.5. The third kappa shape index (κ3) is 7.04. The number of allylic oxidation sites excluding steroid dienone is 4. The zero-order valence-electron chi connectivity index (χ0n) is 31.7. The Kier molecular flexibility index (Phi) is 10.9. The first-order valence-electron chi connectivity index (χ1n) is 19.5. The number of ether oxygens (including phenoxy) is 1. The molecule has 3 fully saturated rings. The van der Waals surface area contributed by atoms with Crippen molar-refractivity contribution in [3.63, 3.8) is 0 Å². The fourth-order valence-corrected chi connectivity index (χ4v) is 10.9. The van der Waals surface area contributed by atoms with Crippen molar-refractivity contribution in [1.29, 1.82) is 0 Å². The predicted octanol–water partition coefficient (Wildman–Crippen LogP) is 7.55. The van der Waals surface area contributed by atoms with Gasteiger partial charge >= 0.3 is 12.1 Å². The van der Waals surface area contributed by atoms with Gasteiger partial charge in [0.05, 0.1) is 0 Å². The molecule has 1 heterocycles. The lowest BCUT2D eigenvalue weighted by molar-refractivity contribution is -0.182. The largest absolute Gasteiger partial charge is 0.465 e. The molecule has 0 aromatic heterocycles. The Labute approximate surface area is 304 Å². The van der Waals surface area contributed by atoms with Crippen molar-refractivity contribution in [2.45, 2.75) is 129 Å². The molecule has 6 rings (SSSR count).